The van der Waals surface area contributed by atoms with Gasteiger partial charge in [-0.25, -0.2) is 8.42 Å². The number of hydrogen-bond donors (Lipinski definition) is 0. The van der Waals surface area contributed by atoms with Crippen molar-refractivity contribution in [3.8, 4) is 0 Å². The molecule has 0 unspecified atom stereocenters. The molecule has 0 aliphatic carbocycles. The van der Waals surface area contributed by atoms with Crippen LogP contribution in [0.15, 0.2) is 65.6 Å². The van der Waals surface area contributed by atoms with Crippen molar-refractivity contribution >= 4 is 33.0 Å². The normalized spacial score (nSPS) is 11.1. The average Bonchev–Trinajstić information content (AvgIpc) is 2.77. The van der Waals surface area contributed by atoms with Crippen LogP contribution in [0.1, 0.15) is 27.0 Å². The smallest absolute Gasteiger partial charge is 0.268 e. The number of carbonyl (C=O) groups is 1. The fourth-order valence-electron chi connectivity index (χ4n) is 3.31. The highest BCUT2D eigenvalue weighted by Crippen LogP contribution is 2.34. The molecule has 0 saturated heterocycles. The number of anilines is 1. The first-order valence-corrected chi connectivity index (χ1v) is 11.0. The molecule has 10 nitrogen and oxygen atoms in total. The average molecular weight is 469 g/mol. The zero-order valence-electron chi connectivity index (χ0n) is 17.9. The maximum absolute atomic E-state index is 13.6. The van der Waals surface area contributed by atoms with Crippen LogP contribution in [0.3, 0.4) is 0 Å². The lowest BCUT2D eigenvalue weighted by atomic mass is 10.1. The number of nitro benzene ring substituents is 2. The highest BCUT2D eigenvalue weighted by molar-refractivity contribution is 7.93. The summed E-state index contributed by atoms with van der Waals surface area (Å²) in [6, 6.07) is 13.6. The molecule has 0 saturated carbocycles. The zero-order valence-corrected chi connectivity index (χ0v) is 18.7. The van der Waals surface area contributed by atoms with Gasteiger partial charge in [0.15, 0.2) is 0 Å². The Labute approximate surface area is 189 Å². The maximum Gasteiger partial charge on any atom is 0.279 e. The number of aryl methyl sites for hydroxylation is 1. The number of nitrogens with zero attached hydrogens (tertiary/aromatic N) is 3. The minimum absolute atomic E-state index is 0.0368. The molecule has 0 aliphatic heterocycles. The van der Waals surface area contributed by atoms with Crippen molar-refractivity contribution in [3.05, 3.63) is 103 Å². The molecule has 170 valence electrons. The summed E-state index contributed by atoms with van der Waals surface area (Å²) < 4.78 is 27.6. The predicted molar refractivity (Wildman–Crippen MR) is 121 cm³/mol. The molecule has 0 spiro atoms. The zero-order chi connectivity index (χ0) is 24.5. The van der Waals surface area contributed by atoms with Crippen molar-refractivity contribution in [2.24, 2.45) is 0 Å². The molecule has 1 amide bonds. The van der Waals surface area contributed by atoms with E-state index in [0.717, 1.165) is 12.1 Å². The van der Waals surface area contributed by atoms with Gasteiger partial charge in [-0.3, -0.25) is 25.0 Å². The van der Waals surface area contributed by atoms with Crippen LogP contribution in [0, 0.1) is 41.0 Å². The van der Waals surface area contributed by atoms with Gasteiger partial charge in [0.25, 0.3) is 27.3 Å². The Bertz CT molecular complexity index is 1350. The largest absolute Gasteiger partial charge is 0.279 e. The van der Waals surface area contributed by atoms with Crippen LogP contribution in [0.5, 0.6) is 0 Å². The quantitative estimate of drug-likeness (QED) is 0.383. The number of rotatable bonds is 6. The summed E-state index contributed by atoms with van der Waals surface area (Å²) in [5, 5.41) is 22.9. The van der Waals surface area contributed by atoms with Crippen LogP contribution < -0.4 is 4.31 Å². The molecule has 33 heavy (non-hydrogen) atoms. The molecule has 3 rings (SSSR count). The second-order valence-corrected chi connectivity index (χ2v) is 9.05. The Kier molecular flexibility index (Phi) is 6.27. The van der Waals surface area contributed by atoms with Gasteiger partial charge in [-0.1, -0.05) is 30.3 Å². The van der Waals surface area contributed by atoms with Gasteiger partial charge in [-0.2, -0.15) is 4.31 Å². The van der Waals surface area contributed by atoms with E-state index in [0.29, 0.717) is 15.4 Å². The Balaban J connectivity index is 2.33. The number of sulfonamides is 1. The molecular weight excluding hydrogens is 450 g/mol. The summed E-state index contributed by atoms with van der Waals surface area (Å²) >= 11 is 0. The number of nitro groups is 2. The third-order valence-corrected chi connectivity index (χ3v) is 6.97. The SMILES string of the molecule is Cc1cccc(N(C(=O)c2cc([N+](=O)[O-])c(C)c([N+](=O)[O-])c2)S(=O)(=O)c2ccccc2)c1C. The van der Waals surface area contributed by atoms with E-state index >= 15 is 0 Å². The van der Waals surface area contributed by atoms with Crippen LogP contribution in [0.2, 0.25) is 0 Å². The molecule has 0 bridgehead atoms. The second kappa shape index (κ2) is 8.79. The van der Waals surface area contributed by atoms with Crippen molar-refractivity contribution in [3.63, 3.8) is 0 Å². The molecule has 0 radical (unpaired) electrons. The van der Waals surface area contributed by atoms with E-state index in [2.05, 4.69) is 0 Å². The number of benzene rings is 3. The number of carbonyl (C=O) groups excluding carboxylic acids is 1. The lowest BCUT2D eigenvalue weighted by molar-refractivity contribution is -0.395. The Hall–Kier alpha value is -4.12. The van der Waals surface area contributed by atoms with Crippen LogP contribution in [0.4, 0.5) is 17.1 Å². The summed E-state index contributed by atoms with van der Waals surface area (Å²) in [6.45, 7) is 4.55. The van der Waals surface area contributed by atoms with E-state index in [1.807, 2.05) is 0 Å². The molecule has 0 atom stereocenters. The molecule has 0 fully saturated rings. The molecule has 0 heterocycles. The lowest BCUT2D eigenvalue weighted by Crippen LogP contribution is -2.37. The Morgan fingerprint density at radius 3 is 1.88 bits per heavy atom. The first-order chi connectivity index (χ1) is 15.5. The van der Waals surface area contributed by atoms with E-state index in [9.17, 15) is 33.4 Å². The summed E-state index contributed by atoms with van der Waals surface area (Å²) in [5.74, 6) is -1.15. The Morgan fingerprint density at radius 1 is 0.818 bits per heavy atom. The van der Waals surface area contributed by atoms with Gasteiger partial charge in [-0.15, -0.1) is 0 Å². The Morgan fingerprint density at radius 2 is 1.36 bits per heavy atom. The first-order valence-electron chi connectivity index (χ1n) is 9.61. The van der Waals surface area contributed by atoms with Gasteiger partial charge in [0, 0.05) is 12.1 Å². The molecule has 3 aromatic carbocycles. The standard InChI is InChI=1S/C22H19N3O7S/c1-14-8-7-11-19(15(14)2)23(33(31,32)18-9-5-4-6-10-18)22(26)17-12-20(24(27)28)16(3)21(13-17)25(29)30/h4-13H,1-3H3. The predicted octanol–water partition coefficient (Wildman–Crippen LogP) is 4.46. The van der Waals surface area contributed by atoms with Gasteiger partial charge in [0.1, 0.15) is 5.56 Å². The summed E-state index contributed by atoms with van der Waals surface area (Å²) in [4.78, 5) is 34.6. The summed E-state index contributed by atoms with van der Waals surface area (Å²) in [6.07, 6.45) is 0. The van der Waals surface area contributed by atoms with E-state index in [4.69, 9.17) is 0 Å². The molecule has 11 heteroatoms. The van der Waals surface area contributed by atoms with Crippen molar-refractivity contribution in [2.45, 2.75) is 25.7 Å². The molecule has 0 aliphatic rings. The lowest BCUT2D eigenvalue weighted by Gasteiger charge is -2.25. The van der Waals surface area contributed by atoms with Gasteiger partial charge in [0.2, 0.25) is 0 Å². The first kappa shape index (κ1) is 23.5. The summed E-state index contributed by atoms with van der Waals surface area (Å²) in [7, 11) is -4.47. The maximum atomic E-state index is 13.6. The van der Waals surface area contributed by atoms with Crippen LogP contribution in [-0.2, 0) is 10.0 Å². The molecule has 0 aromatic heterocycles. The second-order valence-electron chi connectivity index (χ2n) is 7.26. The molecule has 0 N–H and O–H groups in total. The van der Waals surface area contributed by atoms with Crippen LogP contribution in [0.25, 0.3) is 0 Å². The van der Waals surface area contributed by atoms with Crippen molar-refractivity contribution < 1.29 is 23.1 Å². The van der Waals surface area contributed by atoms with E-state index in [1.165, 1.54) is 37.3 Å². The molecule has 3 aromatic rings. The van der Waals surface area contributed by atoms with Gasteiger partial charge in [-0.05, 0) is 50.1 Å². The minimum atomic E-state index is -4.47. The van der Waals surface area contributed by atoms with Gasteiger partial charge < -0.3 is 0 Å². The van der Waals surface area contributed by atoms with Gasteiger partial charge >= 0.3 is 0 Å². The topological polar surface area (TPSA) is 141 Å². The van der Waals surface area contributed by atoms with Crippen LogP contribution in [-0.4, -0.2) is 24.2 Å². The van der Waals surface area contributed by atoms with Crippen molar-refractivity contribution in [1.82, 2.24) is 0 Å². The third kappa shape index (κ3) is 4.30. The number of amides is 1. The van der Waals surface area contributed by atoms with E-state index < -0.39 is 42.7 Å². The number of hydrogen-bond acceptors (Lipinski definition) is 7. The highest BCUT2D eigenvalue weighted by atomic mass is 32.2. The van der Waals surface area contributed by atoms with Crippen LogP contribution >= 0.6 is 0 Å². The van der Waals surface area contributed by atoms with Crippen molar-refractivity contribution in [2.75, 3.05) is 4.31 Å². The fraction of sp³-hybridized carbons (Fsp3) is 0.136. The minimum Gasteiger partial charge on any atom is -0.268 e. The van der Waals surface area contributed by atoms with Gasteiger partial charge in [0.05, 0.1) is 26.0 Å². The van der Waals surface area contributed by atoms with E-state index in [-0.39, 0.29) is 16.1 Å². The highest BCUT2D eigenvalue weighted by Gasteiger charge is 2.35. The van der Waals surface area contributed by atoms with E-state index in [1.54, 1.807) is 32.0 Å². The monoisotopic (exact) mass is 469 g/mol. The fourth-order valence-corrected chi connectivity index (χ4v) is 4.80. The third-order valence-electron chi connectivity index (χ3n) is 5.25. The summed E-state index contributed by atoms with van der Waals surface area (Å²) in [5.41, 5.74) is -0.841. The molecular formula is C22H19N3O7S. The van der Waals surface area contributed by atoms with Crippen molar-refractivity contribution in [1.29, 1.82) is 0 Å².